The van der Waals surface area contributed by atoms with Gasteiger partial charge in [0, 0.05) is 12.6 Å². The molecule has 0 aromatic heterocycles. The van der Waals surface area contributed by atoms with Gasteiger partial charge in [-0.25, -0.2) is 0 Å². The molecule has 1 rings (SSSR count). The summed E-state index contributed by atoms with van der Waals surface area (Å²) in [5, 5.41) is 0. The Morgan fingerprint density at radius 2 is 2.42 bits per heavy atom. The van der Waals surface area contributed by atoms with Crippen LogP contribution in [0.1, 0.15) is 6.42 Å². The minimum atomic E-state index is 0.259. The molecular formula is C10H16N2. The van der Waals surface area contributed by atoms with Crippen LogP contribution in [-0.4, -0.2) is 31.1 Å². The fraction of sp³-hybridized carbons (Fsp3) is 0.600. The molecule has 0 aromatic rings. The molecule has 0 radical (unpaired) electrons. The summed E-state index contributed by atoms with van der Waals surface area (Å²) in [6.45, 7) is 1.74. The molecule has 2 unspecified atom stereocenters. The van der Waals surface area contributed by atoms with Crippen molar-refractivity contribution in [2.45, 2.75) is 12.5 Å². The van der Waals surface area contributed by atoms with Crippen molar-refractivity contribution in [1.82, 2.24) is 4.90 Å². The molecule has 0 aliphatic heterocycles. The molecule has 1 aliphatic rings. The molecule has 0 heterocycles. The molecule has 0 spiro atoms. The summed E-state index contributed by atoms with van der Waals surface area (Å²) >= 11 is 0. The van der Waals surface area contributed by atoms with Crippen molar-refractivity contribution >= 4 is 0 Å². The van der Waals surface area contributed by atoms with E-state index in [0.717, 1.165) is 19.5 Å². The first-order valence-electron chi connectivity index (χ1n) is 4.28. The van der Waals surface area contributed by atoms with Crippen molar-refractivity contribution in [2.75, 3.05) is 20.1 Å². The maximum absolute atomic E-state index is 5.73. The topological polar surface area (TPSA) is 29.3 Å². The molecule has 0 saturated carbocycles. The van der Waals surface area contributed by atoms with Gasteiger partial charge in [0.2, 0.25) is 0 Å². The fourth-order valence-corrected chi connectivity index (χ4v) is 1.56. The molecule has 66 valence electrons. The Morgan fingerprint density at radius 3 is 2.92 bits per heavy atom. The van der Waals surface area contributed by atoms with E-state index in [1.54, 1.807) is 0 Å². The summed E-state index contributed by atoms with van der Waals surface area (Å²) in [5.74, 6) is 3.22. The van der Waals surface area contributed by atoms with Gasteiger partial charge in [0.05, 0.1) is 6.54 Å². The predicted molar refractivity (Wildman–Crippen MR) is 51.6 cm³/mol. The molecule has 0 amide bonds. The molecule has 0 saturated heterocycles. The third-order valence-corrected chi connectivity index (χ3v) is 2.11. The largest absolute Gasteiger partial charge is 0.324 e. The summed E-state index contributed by atoms with van der Waals surface area (Å²) in [4.78, 5) is 2.15. The van der Waals surface area contributed by atoms with Crippen molar-refractivity contribution < 1.29 is 0 Å². The maximum atomic E-state index is 5.73. The third kappa shape index (κ3) is 2.69. The number of hydrogen-bond donors (Lipinski definition) is 1. The first-order valence-corrected chi connectivity index (χ1v) is 4.28. The van der Waals surface area contributed by atoms with Crippen LogP contribution >= 0.6 is 0 Å². The van der Waals surface area contributed by atoms with Crippen LogP contribution in [0.15, 0.2) is 12.2 Å². The van der Waals surface area contributed by atoms with Crippen LogP contribution in [-0.2, 0) is 0 Å². The molecule has 0 bridgehead atoms. The van der Waals surface area contributed by atoms with Crippen LogP contribution in [0.2, 0.25) is 0 Å². The molecule has 2 nitrogen and oxygen atoms in total. The molecular weight excluding hydrogens is 148 g/mol. The van der Waals surface area contributed by atoms with Gasteiger partial charge in [0.15, 0.2) is 0 Å². The van der Waals surface area contributed by atoms with Crippen LogP contribution in [0.5, 0.6) is 0 Å². The lowest BCUT2D eigenvalue weighted by atomic mass is 10.1. The Hall–Kier alpha value is -0.780. The highest BCUT2D eigenvalue weighted by atomic mass is 15.1. The lowest BCUT2D eigenvalue weighted by Crippen LogP contribution is -2.26. The van der Waals surface area contributed by atoms with Crippen molar-refractivity contribution in [3.05, 3.63) is 12.2 Å². The zero-order valence-corrected chi connectivity index (χ0v) is 7.53. The SMILES string of the molecule is C#CCN(C)CC1C=CC(N)C1. The monoisotopic (exact) mass is 164 g/mol. The summed E-state index contributed by atoms with van der Waals surface area (Å²) in [6, 6.07) is 0.259. The highest BCUT2D eigenvalue weighted by Crippen LogP contribution is 2.16. The van der Waals surface area contributed by atoms with Crippen LogP contribution < -0.4 is 5.73 Å². The van der Waals surface area contributed by atoms with Crippen molar-refractivity contribution in [3.63, 3.8) is 0 Å². The summed E-state index contributed by atoms with van der Waals surface area (Å²) in [6.07, 6.45) is 10.5. The number of rotatable bonds is 3. The highest BCUT2D eigenvalue weighted by Gasteiger charge is 2.16. The van der Waals surface area contributed by atoms with E-state index in [2.05, 4.69) is 23.0 Å². The van der Waals surface area contributed by atoms with Gasteiger partial charge in [-0.05, 0) is 19.4 Å². The fourth-order valence-electron chi connectivity index (χ4n) is 1.56. The van der Waals surface area contributed by atoms with Crippen LogP contribution in [0, 0.1) is 18.3 Å². The molecule has 2 heteroatoms. The van der Waals surface area contributed by atoms with Crippen molar-refractivity contribution in [2.24, 2.45) is 11.7 Å². The standard InChI is InChI=1S/C10H16N2/c1-3-6-12(2)8-9-4-5-10(11)7-9/h1,4-5,9-10H,6-8,11H2,2H3. The summed E-state index contributed by atoms with van der Waals surface area (Å²) in [7, 11) is 2.04. The lowest BCUT2D eigenvalue weighted by Gasteiger charge is -2.17. The molecule has 2 N–H and O–H groups in total. The Balaban J connectivity index is 2.25. The molecule has 2 atom stereocenters. The Labute approximate surface area is 74.4 Å². The summed E-state index contributed by atoms with van der Waals surface area (Å²) < 4.78 is 0. The number of terminal acetylenes is 1. The van der Waals surface area contributed by atoms with Gasteiger partial charge in [-0.1, -0.05) is 18.1 Å². The van der Waals surface area contributed by atoms with E-state index in [0.29, 0.717) is 5.92 Å². The van der Waals surface area contributed by atoms with Gasteiger partial charge < -0.3 is 5.73 Å². The molecule has 0 aromatic carbocycles. The van der Waals surface area contributed by atoms with E-state index >= 15 is 0 Å². The van der Waals surface area contributed by atoms with Gasteiger partial charge >= 0.3 is 0 Å². The second kappa shape index (κ2) is 4.30. The number of nitrogens with two attached hydrogens (primary N) is 1. The van der Waals surface area contributed by atoms with Gasteiger partial charge in [-0.3, -0.25) is 4.90 Å². The van der Waals surface area contributed by atoms with E-state index in [9.17, 15) is 0 Å². The second-order valence-corrected chi connectivity index (χ2v) is 3.45. The van der Waals surface area contributed by atoms with Crippen molar-refractivity contribution in [1.29, 1.82) is 0 Å². The minimum absolute atomic E-state index is 0.259. The highest BCUT2D eigenvalue weighted by molar-refractivity contribution is 5.05. The van der Waals surface area contributed by atoms with Gasteiger partial charge in [-0.2, -0.15) is 0 Å². The molecule has 0 fully saturated rings. The van der Waals surface area contributed by atoms with E-state index < -0.39 is 0 Å². The average Bonchev–Trinajstić information content (AvgIpc) is 2.36. The molecule has 1 aliphatic carbocycles. The lowest BCUT2D eigenvalue weighted by molar-refractivity contribution is 0.327. The normalized spacial score (nSPS) is 27.8. The number of nitrogens with zero attached hydrogens (tertiary/aromatic N) is 1. The van der Waals surface area contributed by atoms with E-state index in [1.165, 1.54) is 0 Å². The Bertz CT molecular complexity index is 202. The van der Waals surface area contributed by atoms with Crippen molar-refractivity contribution in [3.8, 4) is 12.3 Å². The minimum Gasteiger partial charge on any atom is -0.324 e. The van der Waals surface area contributed by atoms with Gasteiger partial charge in [0.1, 0.15) is 0 Å². The first-order chi connectivity index (χ1) is 5.72. The average molecular weight is 164 g/mol. The first kappa shape index (κ1) is 9.31. The zero-order valence-electron chi connectivity index (χ0n) is 7.53. The van der Waals surface area contributed by atoms with E-state index in [1.807, 2.05) is 7.05 Å². The Morgan fingerprint density at radius 1 is 1.67 bits per heavy atom. The number of hydrogen-bond acceptors (Lipinski definition) is 2. The quantitative estimate of drug-likeness (QED) is 0.485. The van der Waals surface area contributed by atoms with Crippen LogP contribution in [0.25, 0.3) is 0 Å². The van der Waals surface area contributed by atoms with E-state index in [4.69, 9.17) is 12.2 Å². The zero-order chi connectivity index (χ0) is 8.97. The second-order valence-electron chi connectivity index (χ2n) is 3.45. The summed E-state index contributed by atoms with van der Waals surface area (Å²) in [5.41, 5.74) is 5.73. The Kier molecular flexibility index (Phi) is 3.33. The van der Waals surface area contributed by atoms with Gasteiger partial charge in [0.25, 0.3) is 0 Å². The smallest absolute Gasteiger partial charge is 0.0596 e. The van der Waals surface area contributed by atoms with Crippen LogP contribution in [0.3, 0.4) is 0 Å². The van der Waals surface area contributed by atoms with Gasteiger partial charge in [-0.15, -0.1) is 6.42 Å². The molecule has 12 heavy (non-hydrogen) atoms. The predicted octanol–water partition coefficient (Wildman–Crippen LogP) is 0.455. The maximum Gasteiger partial charge on any atom is 0.0596 e. The van der Waals surface area contributed by atoms with E-state index in [-0.39, 0.29) is 6.04 Å². The third-order valence-electron chi connectivity index (χ3n) is 2.11. The van der Waals surface area contributed by atoms with Crippen LogP contribution in [0.4, 0.5) is 0 Å².